The Kier molecular flexibility index (Phi) is 5.63. The molecule has 2 aromatic carbocycles. The molecule has 1 amide bonds. The van der Waals surface area contributed by atoms with Crippen molar-refractivity contribution in [3.05, 3.63) is 83.7 Å². The highest BCUT2D eigenvalue weighted by molar-refractivity contribution is 5.93. The lowest BCUT2D eigenvalue weighted by Crippen LogP contribution is -2.23. The number of rotatable bonds is 5. The maximum atomic E-state index is 13.2. The fraction of sp³-hybridized carbons (Fsp3) is 0.143. The smallest absolute Gasteiger partial charge is 0.416 e. The minimum atomic E-state index is -4.47. The molecule has 0 spiro atoms. The van der Waals surface area contributed by atoms with E-state index in [2.05, 4.69) is 10.3 Å². The van der Waals surface area contributed by atoms with Gasteiger partial charge in [0.25, 0.3) is 5.91 Å². The number of ether oxygens (including phenoxy) is 1. The summed E-state index contributed by atoms with van der Waals surface area (Å²) in [5, 5.41) is 2.72. The number of amides is 1. The Hall–Kier alpha value is -3.35. The number of carbonyl (C=O) groups is 1. The average molecular weight is 386 g/mol. The second-order valence-corrected chi connectivity index (χ2v) is 6.03. The van der Waals surface area contributed by atoms with Crippen LogP contribution in [-0.4, -0.2) is 18.0 Å². The minimum Gasteiger partial charge on any atom is -0.497 e. The van der Waals surface area contributed by atoms with E-state index >= 15 is 0 Å². The molecule has 1 aromatic heterocycles. The molecule has 0 aliphatic carbocycles. The summed E-state index contributed by atoms with van der Waals surface area (Å²) in [6.07, 6.45) is -1.50. The largest absolute Gasteiger partial charge is 0.497 e. The number of nitrogens with zero attached hydrogens (tertiary/aromatic N) is 1. The van der Waals surface area contributed by atoms with Gasteiger partial charge in [0.15, 0.2) is 0 Å². The molecule has 0 saturated heterocycles. The lowest BCUT2D eigenvalue weighted by atomic mass is 9.96. The van der Waals surface area contributed by atoms with Gasteiger partial charge in [-0.05, 0) is 53.1 Å². The summed E-state index contributed by atoms with van der Waals surface area (Å²) >= 11 is 0. The highest BCUT2D eigenvalue weighted by Crippen LogP contribution is 2.35. The van der Waals surface area contributed by atoms with Crippen molar-refractivity contribution in [2.24, 2.45) is 0 Å². The lowest BCUT2D eigenvalue weighted by molar-refractivity contribution is -0.137. The molecule has 0 atom stereocenters. The van der Waals surface area contributed by atoms with Gasteiger partial charge in [0.2, 0.25) is 0 Å². The number of carbonyl (C=O) groups excluding carboxylic acids is 1. The van der Waals surface area contributed by atoms with Crippen LogP contribution in [0.15, 0.2) is 67.0 Å². The van der Waals surface area contributed by atoms with Gasteiger partial charge in [0.05, 0.1) is 18.2 Å². The topological polar surface area (TPSA) is 51.2 Å². The van der Waals surface area contributed by atoms with Crippen LogP contribution in [0.2, 0.25) is 0 Å². The molecule has 7 heteroatoms. The number of hydrogen-bond acceptors (Lipinski definition) is 3. The van der Waals surface area contributed by atoms with Crippen molar-refractivity contribution in [1.82, 2.24) is 10.3 Å². The van der Waals surface area contributed by atoms with Crippen molar-refractivity contribution < 1.29 is 22.7 Å². The Bertz CT molecular complexity index is 973. The fourth-order valence-corrected chi connectivity index (χ4v) is 2.74. The molecule has 0 unspecified atom stereocenters. The normalized spacial score (nSPS) is 11.1. The van der Waals surface area contributed by atoms with Gasteiger partial charge >= 0.3 is 6.18 Å². The third-order valence-electron chi connectivity index (χ3n) is 4.18. The molecular formula is C21H17F3N2O2. The summed E-state index contributed by atoms with van der Waals surface area (Å²) in [7, 11) is 1.49. The van der Waals surface area contributed by atoms with Crippen LogP contribution in [0.5, 0.6) is 5.75 Å². The highest BCUT2D eigenvalue weighted by atomic mass is 19.4. The van der Waals surface area contributed by atoms with Gasteiger partial charge < -0.3 is 10.1 Å². The van der Waals surface area contributed by atoms with Gasteiger partial charge in [-0.15, -0.1) is 0 Å². The van der Waals surface area contributed by atoms with Crippen LogP contribution in [-0.2, 0) is 12.7 Å². The predicted molar refractivity (Wildman–Crippen MR) is 98.8 cm³/mol. The lowest BCUT2D eigenvalue weighted by Gasteiger charge is -2.15. The van der Waals surface area contributed by atoms with Crippen LogP contribution < -0.4 is 10.1 Å². The number of nitrogens with one attached hydrogen (secondary N) is 1. The molecule has 0 fully saturated rings. The standard InChI is InChI=1S/C21H17F3N2O2/c1-28-18-6-2-4-14(10-18)19-11-17(21(22,23)24)8-7-15(19)13-26-20(27)16-5-3-9-25-12-16/h2-12H,13H2,1H3,(H,26,27). The SMILES string of the molecule is COc1cccc(-c2cc(C(F)(F)F)ccc2CNC(=O)c2cccnc2)c1. The first-order valence-electron chi connectivity index (χ1n) is 8.41. The molecule has 0 saturated carbocycles. The number of halogens is 3. The van der Waals surface area contributed by atoms with Crippen molar-refractivity contribution >= 4 is 5.91 Å². The Morgan fingerprint density at radius 3 is 2.61 bits per heavy atom. The van der Waals surface area contributed by atoms with Crippen molar-refractivity contribution in [2.45, 2.75) is 12.7 Å². The van der Waals surface area contributed by atoms with Crippen LogP contribution in [0.4, 0.5) is 13.2 Å². The number of hydrogen-bond donors (Lipinski definition) is 1. The summed E-state index contributed by atoms with van der Waals surface area (Å²) in [6, 6.07) is 13.5. The second kappa shape index (κ2) is 8.12. The van der Waals surface area contributed by atoms with Crippen LogP contribution in [0.1, 0.15) is 21.5 Å². The number of alkyl halides is 3. The van der Waals surface area contributed by atoms with E-state index in [0.29, 0.717) is 28.0 Å². The summed E-state index contributed by atoms with van der Waals surface area (Å²) in [5.74, 6) is 0.171. The van der Waals surface area contributed by atoms with Gasteiger partial charge in [0.1, 0.15) is 5.75 Å². The number of aromatic nitrogens is 1. The summed E-state index contributed by atoms with van der Waals surface area (Å²) in [6.45, 7) is 0.0679. The van der Waals surface area contributed by atoms with E-state index < -0.39 is 11.7 Å². The Labute approximate surface area is 160 Å². The number of benzene rings is 2. The maximum absolute atomic E-state index is 13.2. The second-order valence-electron chi connectivity index (χ2n) is 6.03. The maximum Gasteiger partial charge on any atom is 0.416 e. The first-order chi connectivity index (χ1) is 13.4. The fourth-order valence-electron chi connectivity index (χ4n) is 2.74. The highest BCUT2D eigenvalue weighted by Gasteiger charge is 2.31. The average Bonchev–Trinajstić information content (AvgIpc) is 2.72. The van der Waals surface area contributed by atoms with Crippen molar-refractivity contribution in [3.63, 3.8) is 0 Å². The predicted octanol–water partition coefficient (Wildman–Crippen LogP) is 4.71. The van der Waals surface area contributed by atoms with Crippen molar-refractivity contribution in [1.29, 1.82) is 0 Å². The minimum absolute atomic E-state index is 0.0679. The summed E-state index contributed by atoms with van der Waals surface area (Å²) < 4.78 is 44.8. The molecular weight excluding hydrogens is 369 g/mol. The van der Waals surface area contributed by atoms with E-state index in [1.165, 1.54) is 19.4 Å². The zero-order valence-corrected chi connectivity index (χ0v) is 15.0. The first kappa shape index (κ1) is 19.4. The van der Waals surface area contributed by atoms with E-state index in [1.54, 1.807) is 42.6 Å². The molecule has 0 aliphatic heterocycles. The Morgan fingerprint density at radius 1 is 1.11 bits per heavy atom. The van der Waals surface area contributed by atoms with Crippen LogP contribution in [0, 0.1) is 0 Å². The summed E-state index contributed by atoms with van der Waals surface area (Å²) in [5.41, 5.74) is 1.11. The van der Waals surface area contributed by atoms with E-state index in [9.17, 15) is 18.0 Å². The molecule has 1 heterocycles. The molecule has 3 rings (SSSR count). The van der Waals surface area contributed by atoms with Gasteiger partial charge in [-0.3, -0.25) is 9.78 Å². The van der Waals surface area contributed by atoms with Gasteiger partial charge in [-0.2, -0.15) is 13.2 Å². The molecule has 0 bridgehead atoms. The van der Waals surface area contributed by atoms with E-state index in [0.717, 1.165) is 12.1 Å². The van der Waals surface area contributed by atoms with E-state index in [1.807, 2.05) is 0 Å². The molecule has 144 valence electrons. The van der Waals surface area contributed by atoms with Crippen LogP contribution in [0.3, 0.4) is 0 Å². The van der Waals surface area contributed by atoms with Gasteiger partial charge in [-0.1, -0.05) is 18.2 Å². The molecule has 0 radical (unpaired) electrons. The molecule has 3 aromatic rings. The Morgan fingerprint density at radius 2 is 1.93 bits per heavy atom. The summed E-state index contributed by atoms with van der Waals surface area (Å²) in [4.78, 5) is 16.1. The number of methoxy groups -OCH3 is 1. The van der Waals surface area contributed by atoms with Crippen LogP contribution >= 0.6 is 0 Å². The quantitative estimate of drug-likeness (QED) is 0.691. The van der Waals surface area contributed by atoms with Gasteiger partial charge in [-0.25, -0.2) is 0 Å². The van der Waals surface area contributed by atoms with E-state index in [-0.39, 0.29) is 12.5 Å². The third kappa shape index (κ3) is 4.49. The van der Waals surface area contributed by atoms with Crippen molar-refractivity contribution in [3.8, 4) is 16.9 Å². The monoisotopic (exact) mass is 386 g/mol. The zero-order chi connectivity index (χ0) is 20.1. The molecule has 4 nitrogen and oxygen atoms in total. The van der Waals surface area contributed by atoms with Gasteiger partial charge in [0, 0.05) is 18.9 Å². The van der Waals surface area contributed by atoms with E-state index in [4.69, 9.17) is 4.74 Å². The first-order valence-corrected chi connectivity index (χ1v) is 8.41. The zero-order valence-electron chi connectivity index (χ0n) is 15.0. The third-order valence-corrected chi connectivity index (χ3v) is 4.18. The molecule has 28 heavy (non-hydrogen) atoms. The van der Waals surface area contributed by atoms with Crippen LogP contribution in [0.25, 0.3) is 11.1 Å². The van der Waals surface area contributed by atoms with Crippen molar-refractivity contribution in [2.75, 3.05) is 7.11 Å². The number of pyridine rings is 1. The molecule has 0 aliphatic rings. The Balaban J connectivity index is 1.94. The molecule has 1 N–H and O–H groups in total.